The van der Waals surface area contributed by atoms with Gasteiger partial charge in [-0.1, -0.05) is 0 Å². The van der Waals surface area contributed by atoms with Gasteiger partial charge >= 0.3 is 0 Å². The predicted octanol–water partition coefficient (Wildman–Crippen LogP) is 1.39. The number of hydrogen-bond acceptors (Lipinski definition) is 7. The van der Waals surface area contributed by atoms with Crippen molar-refractivity contribution < 1.29 is 19.3 Å². The third kappa shape index (κ3) is 4.22. The molecule has 0 aromatic heterocycles. The summed E-state index contributed by atoms with van der Waals surface area (Å²) in [6.45, 7) is 6.81. The summed E-state index contributed by atoms with van der Waals surface area (Å²) in [5, 5.41) is 9.63. The first kappa shape index (κ1) is 19.8. The molecule has 1 N–H and O–H groups in total. The first-order chi connectivity index (χ1) is 13.7. The Morgan fingerprint density at radius 3 is 2.71 bits per heavy atom. The Morgan fingerprint density at radius 1 is 1.14 bits per heavy atom. The number of hydrogen-bond donors (Lipinski definition) is 1. The first-order valence-electron chi connectivity index (χ1n) is 10.4. The lowest BCUT2D eigenvalue weighted by molar-refractivity contribution is 0.00598. The second-order valence-electron chi connectivity index (χ2n) is 8.21. The number of aliphatic hydroxyl groups is 1. The van der Waals surface area contributed by atoms with E-state index in [1.165, 1.54) is 31.5 Å². The third-order valence-corrected chi connectivity index (χ3v) is 6.36. The van der Waals surface area contributed by atoms with E-state index in [1.54, 1.807) is 7.11 Å². The molecule has 28 heavy (non-hydrogen) atoms. The topological polar surface area (TPSA) is 57.6 Å². The molecular weight excluding hydrogens is 358 g/mol. The van der Waals surface area contributed by atoms with Crippen molar-refractivity contribution in [2.24, 2.45) is 0 Å². The molecule has 0 bridgehead atoms. The summed E-state index contributed by atoms with van der Waals surface area (Å²) in [7, 11) is 3.87. The fourth-order valence-corrected chi connectivity index (χ4v) is 4.82. The van der Waals surface area contributed by atoms with Crippen LogP contribution in [0.25, 0.3) is 0 Å². The molecule has 2 fully saturated rings. The molecule has 4 rings (SSSR count). The molecule has 1 atom stereocenters. The summed E-state index contributed by atoms with van der Waals surface area (Å²) >= 11 is 0. The Bertz CT molecular complexity index is 663. The van der Waals surface area contributed by atoms with Crippen LogP contribution < -0.4 is 14.2 Å². The lowest BCUT2D eigenvalue weighted by atomic mass is 9.98. The summed E-state index contributed by atoms with van der Waals surface area (Å²) in [5.41, 5.74) is 1.18. The molecule has 156 valence electrons. The van der Waals surface area contributed by atoms with Crippen LogP contribution >= 0.6 is 0 Å². The molecule has 3 aliphatic heterocycles. The summed E-state index contributed by atoms with van der Waals surface area (Å²) in [6, 6.07) is 5.19. The predicted molar refractivity (Wildman–Crippen MR) is 107 cm³/mol. The van der Waals surface area contributed by atoms with Gasteiger partial charge in [-0.25, -0.2) is 0 Å². The lowest BCUT2D eigenvalue weighted by Crippen LogP contribution is -2.58. The van der Waals surface area contributed by atoms with Crippen molar-refractivity contribution in [2.75, 3.05) is 60.3 Å². The number of benzene rings is 1. The maximum absolute atomic E-state index is 9.63. The van der Waals surface area contributed by atoms with E-state index in [-0.39, 0.29) is 13.4 Å². The van der Waals surface area contributed by atoms with Gasteiger partial charge < -0.3 is 24.2 Å². The van der Waals surface area contributed by atoms with Crippen molar-refractivity contribution in [3.63, 3.8) is 0 Å². The first-order valence-corrected chi connectivity index (χ1v) is 10.4. The van der Waals surface area contributed by atoms with Crippen LogP contribution in [0.1, 0.15) is 24.8 Å². The number of fused-ring (bicyclic) bond motifs is 1. The minimum Gasteiger partial charge on any atom is -0.493 e. The number of rotatable bonds is 6. The van der Waals surface area contributed by atoms with Gasteiger partial charge in [-0.05, 0) is 57.1 Å². The number of piperazine rings is 1. The molecule has 0 spiro atoms. The number of nitrogens with zero attached hydrogens (tertiary/aromatic N) is 3. The number of piperidine rings is 1. The van der Waals surface area contributed by atoms with Crippen LogP contribution in [0.5, 0.6) is 17.2 Å². The van der Waals surface area contributed by atoms with Crippen molar-refractivity contribution in [1.82, 2.24) is 14.7 Å². The molecule has 3 aliphatic rings. The highest BCUT2D eigenvalue weighted by molar-refractivity contribution is 5.55. The standard InChI is InChI=1S/C21H33N3O4/c1-22-6-3-17(4-7-22)24-9-8-23(14-18(24)5-10-25)13-16-11-19(26-2)21-20(12-16)27-15-28-21/h11-12,17-18,25H,3-10,13-15H2,1-2H3/t18-/m1/s1. The van der Waals surface area contributed by atoms with Crippen LogP contribution in [0.4, 0.5) is 0 Å². The van der Waals surface area contributed by atoms with E-state index in [0.29, 0.717) is 17.8 Å². The van der Waals surface area contributed by atoms with Crippen LogP contribution in [0.2, 0.25) is 0 Å². The minimum atomic E-state index is 0.249. The van der Waals surface area contributed by atoms with Crippen molar-refractivity contribution >= 4 is 0 Å². The molecular formula is C21H33N3O4. The molecule has 1 aromatic rings. The minimum absolute atomic E-state index is 0.249. The third-order valence-electron chi connectivity index (χ3n) is 6.36. The fraction of sp³-hybridized carbons (Fsp3) is 0.714. The number of aliphatic hydroxyl groups excluding tert-OH is 1. The molecule has 0 saturated carbocycles. The number of likely N-dealkylation sites (tertiary alicyclic amines) is 1. The van der Waals surface area contributed by atoms with Crippen LogP contribution in [-0.2, 0) is 6.54 Å². The largest absolute Gasteiger partial charge is 0.493 e. The van der Waals surface area contributed by atoms with E-state index in [9.17, 15) is 5.11 Å². The van der Waals surface area contributed by atoms with E-state index >= 15 is 0 Å². The summed E-state index contributed by atoms with van der Waals surface area (Å²) in [5.74, 6) is 2.21. The quantitative estimate of drug-likeness (QED) is 0.786. The van der Waals surface area contributed by atoms with Gasteiger partial charge in [0.2, 0.25) is 12.5 Å². The zero-order valence-electron chi connectivity index (χ0n) is 17.1. The number of ether oxygens (including phenoxy) is 3. The average Bonchev–Trinajstić information content (AvgIpc) is 3.17. The Kier molecular flexibility index (Phi) is 6.25. The van der Waals surface area contributed by atoms with Crippen LogP contribution in [0.15, 0.2) is 12.1 Å². The summed E-state index contributed by atoms with van der Waals surface area (Å²) in [6.07, 6.45) is 3.31. The molecule has 0 amide bonds. The average molecular weight is 392 g/mol. The number of methoxy groups -OCH3 is 1. The second-order valence-corrected chi connectivity index (χ2v) is 8.21. The molecule has 3 heterocycles. The molecule has 0 radical (unpaired) electrons. The Balaban J connectivity index is 1.42. The zero-order valence-corrected chi connectivity index (χ0v) is 17.1. The van der Waals surface area contributed by atoms with Gasteiger partial charge in [0, 0.05) is 44.9 Å². The smallest absolute Gasteiger partial charge is 0.231 e. The monoisotopic (exact) mass is 391 g/mol. The summed E-state index contributed by atoms with van der Waals surface area (Å²) in [4.78, 5) is 7.57. The highest BCUT2D eigenvalue weighted by Crippen LogP contribution is 2.42. The van der Waals surface area contributed by atoms with E-state index in [2.05, 4.69) is 33.9 Å². The summed E-state index contributed by atoms with van der Waals surface area (Å²) < 4.78 is 16.6. The van der Waals surface area contributed by atoms with Gasteiger partial charge in [0.25, 0.3) is 0 Å². The normalized spacial score (nSPS) is 24.6. The van der Waals surface area contributed by atoms with Gasteiger partial charge in [0.05, 0.1) is 7.11 Å². The SMILES string of the molecule is COc1cc(CN2CCN(C3CCN(C)CC3)[C@H](CCO)C2)cc2c1OCO2. The molecule has 0 unspecified atom stereocenters. The Labute approximate surface area is 167 Å². The fourth-order valence-electron chi connectivity index (χ4n) is 4.82. The molecule has 0 aliphatic carbocycles. The van der Waals surface area contributed by atoms with E-state index < -0.39 is 0 Å². The van der Waals surface area contributed by atoms with Gasteiger partial charge in [-0.3, -0.25) is 9.80 Å². The molecule has 7 heteroatoms. The maximum atomic E-state index is 9.63. The highest BCUT2D eigenvalue weighted by Gasteiger charge is 2.33. The lowest BCUT2D eigenvalue weighted by Gasteiger charge is -2.47. The van der Waals surface area contributed by atoms with Gasteiger partial charge in [-0.15, -0.1) is 0 Å². The van der Waals surface area contributed by atoms with Crippen LogP contribution in [0, 0.1) is 0 Å². The Morgan fingerprint density at radius 2 is 1.96 bits per heavy atom. The van der Waals surface area contributed by atoms with Gasteiger partial charge in [0.1, 0.15) is 0 Å². The van der Waals surface area contributed by atoms with Crippen molar-refractivity contribution in [1.29, 1.82) is 0 Å². The van der Waals surface area contributed by atoms with Crippen LogP contribution in [0.3, 0.4) is 0 Å². The molecule has 1 aromatic carbocycles. The van der Waals surface area contributed by atoms with Crippen molar-refractivity contribution in [3.05, 3.63) is 17.7 Å². The van der Waals surface area contributed by atoms with Crippen molar-refractivity contribution in [3.8, 4) is 17.2 Å². The molecule has 2 saturated heterocycles. The van der Waals surface area contributed by atoms with Crippen LogP contribution in [-0.4, -0.2) is 92.2 Å². The van der Waals surface area contributed by atoms with E-state index in [4.69, 9.17) is 14.2 Å². The van der Waals surface area contributed by atoms with Crippen molar-refractivity contribution in [2.45, 2.75) is 37.9 Å². The van der Waals surface area contributed by atoms with Gasteiger partial charge in [0.15, 0.2) is 11.5 Å². The van der Waals surface area contributed by atoms with E-state index in [0.717, 1.165) is 44.1 Å². The zero-order chi connectivity index (χ0) is 19.5. The highest BCUT2D eigenvalue weighted by atomic mass is 16.7. The van der Waals surface area contributed by atoms with Gasteiger partial charge in [-0.2, -0.15) is 0 Å². The second kappa shape index (κ2) is 8.86. The van der Waals surface area contributed by atoms with E-state index in [1.807, 2.05) is 0 Å². The Hall–Kier alpha value is -1.54. The molecule has 7 nitrogen and oxygen atoms in total. The maximum Gasteiger partial charge on any atom is 0.231 e.